The van der Waals surface area contributed by atoms with Crippen LogP contribution in [0, 0.1) is 29.5 Å². The molecule has 67 heavy (non-hydrogen) atoms. The SMILES string of the molecule is Cc1ncsc1-c1ccc(CNC(=O)[C@@H]2CCCN2C(=O)C(NC(=O)COCCOc2ncc(N3C(=S)N(c4ccc(C#N)c(C(F)(F)F)c4F)C(=O)C3(C)C)cc2C(N)=O)C(C)(C)C)cc1. The summed E-state index contributed by atoms with van der Waals surface area (Å²) >= 11 is 7.02. The average molecular weight is 966 g/mol. The summed E-state index contributed by atoms with van der Waals surface area (Å²) in [7, 11) is 0. The van der Waals surface area contributed by atoms with Crippen molar-refractivity contribution in [3.05, 3.63) is 87.9 Å². The van der Waals surface area contributed by atoms with Crippen LogP contribution in [-0.4, -0.2) is 93.5 Å². The van der Waals surface area contributed by atoms with E-state index in [1.807, 2.05) is 31.2 Å². The zero-order valence-electron chi connectivity index (χ0n) is 37.2. The number of nitrogens with one attached hydrogen (secondary N) is 2. The van der Waals surface area contributed by atoms with Crippen LogP contribution >= 0.6 is 23.6 Å². The quantitative estimate of drug-likeness (QED) is 0.0734. The molecule has 2 aliphatic heterocycles. The van der Waals surface area contributed by atoms with Crippen molar-refractivity contribution >= 4 is 69.6 Å². The predicted octanol–water partition coefficient (Wildman–Crippen LogP) is 5.79. The number of carbonyl (C=O) groups excluding carboxylic acids is 5. The Kier molecular flexibility index (Phi) is 14.7. The van der Waals surface area contributed by atoms with Crippen molar-refractivity contribution in [1.82, 2.24) is 25.5 Å². The van der Waals surface area contributed by atoms with Crippen LogP contribution in [-0.2, 0) is 36.6 Å². The number of thiazole rings is 1. The van der Waals surface area contributed by atoms with E-state index in [1.54, 1.807) is 37.6 Å². The van der Waals surface area contributed by atoms with Gasteiger partial charge in [0.25, 0.3) is 11.8 Å². The van der Waals surface area contributed by atoms with Crippen LogP contribution in [0.5, 0.6) is 5.88 Å². The number of hydrogen-bond donors (Lipinski definition) is 3. The van der Waals surface area contributed by atoms with Gasteiger partial charge in [-0.1, -0.05) is 45.0 Å². The van der Waals surface area contributed by atoms with Gasteiger partial charge < -0.3 is 35.6 Å². The highest BCUT2D eigenvalue weighted by molar-refractivity contribution is 7.81. The number of halogens is 4. The Bertz CT molecular complexity index is 2650. The molecule has 0 aliphatic carbocycles. The zero-order chi connectivity index (χ0) is 49.2. The third kappa shape index (κ3) is 10.5. The monoisotopic (exact) mass is 965 g/mol. The lowest BCUT2D eigenvalue weighted by Gasteiger charge is -2.35. The molecule has 2 aliphatic rings. The standard InChI is InChI=1S/C45H47F4N9O7S2/c1-24-35(67-23-54-24)26-11-9-25(10-12-26)20-52-38(61)31-8-7-15-56(31)40(62)36(43(2,3)4)55-32(59)22-64-16-17-65-39-29(37(51)60)18-28(21-53-39)58-42(66)57(41(63)44(58,5)6)30-14-13-27(19-50)33(34(30)46)45(47,48)49/h9-14,18,21,23,31,36H,7-8,15-17,20,22H2,1-6H3,(H2,51,60)(H,52,61)(H,55,59)/t31-,36?/m0/s1. The molecule has 22 heteroatoms. The minimum absolute atomic E-state index is 0.0157. The number of nitriles is 1. The molecular formula is C45H47F4N9O7S2. The maximum Gasteiger partial charge on any atom is 0.420 e. The van der Waals surface area contributed by atoms with Crippen molar-refractivity contribution in [3.8, 4) is 22.4 Å². The van der Waals surface area contributed by atoms with Gasteiger partial charge in [0.2, 0.25) is 23.6 Å². The first kappa shape index (κ1) is 49.9. The van der Waals surface area contributed by atoms with Crippen molar-refractivity contribution in [2.45, 2.75) is 84.7 Å². The van der Waals surface area contributed by atoms with Crippen LogP contribution in [0.1, 0.15) is 80.2 Å². The number of nitrogens with zero attached hydrogens (tertiary/aromatic N) is 6. The first-order valence-electron chi connectivity index (χ1n) is 20.8. The molecular weight excluding hydrogens is 919 g/mol. The Hall–Kier alpha value is -6.57. The molecule has 2 saturated heterocycles. The molecule has 2 atom stereocenters. The number of carbonyl (C=O) groups is 5. The Morgan fingerprint density at radius 2 is 1.79 bits per heavy atom. The number of benzene rings is 2. The first-order valence-corrected chi connectivity index (χ1v) is 22.1. The van der Waals surface area contributed by atoms with Gasteiger partial charge in [-0.05, 0) is 80.6 Å². The summed E-state index contributed by atoms with van der Waals surface area (Å²) in [5.74, 6) is -5.42. The van der Waals surface area contributed by atoms with E-state index in [4.69, 9.17) is 27.4 Å². The van der Waals surface area contributed by atoms with E-state index >= 15 is 4.39 Å². The third-order valence-corrected chi connectivity index (χ3v) is 12.5. The van der Waals surface area contributed by atoms with Gasteiger partial charge >= 0.3 is 6.18 Å². The van der Waals surface area contributed by atoms with Gasteiger partial charge in [-0.15, -0.1) is 11.3 Å². The maximum atomic E-state index is 15.5. The van der Waals surface area contributed by atoms with Gasteiger partial charge in [-0.3, -0.25) is 28.9 Å². The fraction of sp³-hybridized carbons (Fsp3) is 0.400. The van der Waals surface area contributed by atoms with Crippen LogP contribution < -0.4 is 30.9 Å². The molecule has 0 radical (unpaired) electrons. The largest absolute Gasteiger partial charge is 0.475 e. The van der Waals surface area contributed by atoms with E-state index in [0.717, 1.165) is 44.9 Å². The summed E-state index contributed by atoms with van der Waals surface area (Å²) in [5.41, 5.74) is 3.88. The van der Waals surface area contributed by atoms with E-state index in [-0.39, 0.29) is 42.8 Å². The van der Waals surface area contributed by atoms with Crippen LogP contribution in [0.4, 0.5) is 28.9 Å². The highest BCUT2D eigenvalue weighted by Crippen LogP contribution is 2.42. The van der Waals surface area contributed by atoms with Gasteiger partial charge in [0.1, 0.15) is 42.0 Å². The number of nitrogens with two attached hydrogens (primary N) is 1. The highest BCUT2D eigenvalue weighted by atomic mass is 32.1. The molecule has 5 amide bonds. The second-order valence-electron chi connectivity index (χ2n) is 17.3. The fourth-order valence-electron chi connectivity index (χ4n) is 7.75. The number of primary amides is 1. The van der Waals surface area contributed by atoms with E-state index < -0.39 is 87.2 Å². The van der Waals surface area contributed by atoms with Gasteiger partial charge in [-0.25, -0.2) is 14.4 Å². The summed E-state index contributed by atoms with van der Waals surface area (Å²) < 4.78 is 68.0. The molecule has 2 aromatic carbocycles. The molecule has 16 nitrogen and oxygen atoms in total. The third-order valence-electron chi connectivity index (χ3n) is 11.2. The molecule has 1 unspecified atom stereocenters. The van der Waals surface area contributed by atoms with E-state index in [0.29, 0.717) is 24.3 Å². The van der Waals surface area contributed by atoms with Crippen molar-refractivity contribution in [2.75, 3.05) is 36.2 Å². The van der Waals surface area contributed by atoms with Crippen molar-refractivity contribution in [3.63, 3.8) is 0 Å². The smallest absolute Gasteiger partial charge is 0.420 e. The van der Waals surface area contributed by atoms with E-state index in [2.05, 4.69) is 20.6 Å². The molecule has 2 aromatic heterocycles. The van der Waals surface area contributed by atoms with Gasteiger partial charge in [-0.2, -0.15) is 18.4 Å². The number of ether oxygens (including phenoxy) is 2. The lowest BCUT2D eigenvalue weighted by atomic mass is 9.85. The summed E-state index contributed by atoms with van der Waals surface area (Å²) in [6, 6.07) is 10.1. The minimum atomic E-state index is -5.27. The van der Waals surface area contributed by atoms with Crippen LogP contribution in [0.15, 0.2) is 54.2 Å². The van der Waals surface area contributed by atoms with Crippen LogP contribution in [0.2, 0.25) is 0 Å². The Morgan fingerprint density at radius 3 is 2.40 bits per heavy atom. The number of anilines is 2. The molecule has 354 valence electrons. The topological polar surface area (TPSA) is 213 Å². The number of aromatic nitrogens is 2. The van der Waals surface area contributed by atoms with Crippen molar-refractivity contribution in [2.24, 2.45) is 11.1 Å². The molecule has 0 saturated carbocycles. The molecule has 6 rings (SSSR count). The Morgan fingerprint density at radius 1 is 1.09 bits per heavy atom. The number of hydrogen-bond acceptors (Lipinski definition) is 12. The molecule has 0 bridgehead atoms. The fourth-order valence-corrected chi connectivity index (χ4v) is 9.07. The molecule has 4 N–H and O–H groups in total. The lowest BCUT2D eigenvalue weighted by Crippen LogP contribution is -2.58. The van der Waals surface area contributed by atoms with Crippen LogP contribution in [0.25, 0.3) is 10.4 Å². The van der Waals surface area contributed by atoms with Crippen LogP contribution in [0.3, 0.4) is 0 Å². The second kappa shape index (κ2) is 19.7. The lowest BCUT2D eigenvalue weighted by molar-refractivity contribution is -0.144. The highest BCUT2D eigenvalue weighted by Gasteiger charge is 2.52. The minimum Gasteiger partial charge on any atom is -0.475 e. The first-order chi connectivity index (χ1) is 31.5. The number of alkyl halides is 3. The number of likely N-dealkylation sites (tertiary alicyclic amines) is 1. The van der Waals surface area contributed by atoms with Gasteiger partial charge in [0, 0.05) is 13.1 Å². The average Bonchev–Trinajstić information content (AvgIpc) is 3.97. The Balaban J connectivity index is 1.04. The Labute approximate surface area is 392 Å². The molecule has 0 spiro atoms. The maximum absolute atomic E-state index is 15.5. The predicted molar refractivity (Wildman–Crippen MR) is 242 cm³/mol. The summed E-state index contributed by atoms with van der Waals surface area (Å²) in [6.45, 7) is 9.71. The summed E-state index contributed by atoms with van der Waals surface area (Å²) in [6.07, 6.45) is -3.05. The number of aryl methyl sites for hydroxylation is 1. The van der Waals surface area contributed by atoms with Crippen molar-refractivity contribution in [1.29, 1.82) is 5.26 Å². The number of amides is 5. The molecule has 4 heterocycles. The van der Waals surface area contributed by atoms with E-state index in [9.17, 15) is 42.4 Å². The van der Waals surface area contributed by atoms with Crippen molar-refractivity contribution < 1.29 is 51.0 Å². The molecule has 4 aromatic rings. The molecule has 2 fully saturated rings. The number of pyridine rings is 1. The second-order valence-corrected chi connectivity index (χ2v) is 18.5. The zero-order valence-corrected chi connectivity index (χ0v) is 38.9. The van der Waals surface area contributed by atoms with E-state index in [1.165, 1.54) is 30.9 Å². The van der Waals surface area contributed by atoms with Gasteiger partial charge in [0.15, 0.2) is 10.9 Å². The normalized spacial score (nSPS) is 16.5. The number of rotatable bonds is 15. The number of thiocarbonyl (C=S) groups is 1. The van der Waals surface area contributed by atoms with Gasteiger partial charge in [0.05, 0.1) is 51.9 Å². The summed E-state index contributed by atoms with van der Waals surface area (Å²) in [4.78, 5) is 79.5. The summed E-state index contributed by atoms with van der Waals surface area (Å²) in [5, 5.41) is 14.4.